The van der Waals surface area contributed by atoms with E-state index in [2.05, 4.69) is 0 Å². The maximum atomic E-state index is 10.9. The summed E-state index contributed by atoms with van der Waals surface area (Å²) in [5.74, 6) is 0.979. The largest absolute Gasteiger partial charge is 0.493 e. The lowest BCUT2D eigenvalue weighted by Gasteiger charge is -2.15. The average Bonchev–Trinajstić information content (AvgIpc) is 2.37. The molecule has 0 spiro atoms. The van der Waals surface area contributed by atoms with Crippen molar-refractivity contribution < 1.29 is 19.0 Å². The molecule has 0 fully saturated rings. The maximum absolute atomic E-state index is 10.9. The molecular weight excluding hydrogens is 236 g/mol. The van der Waals surface area contributed by atoms with Crippen LogP contribution in [0.25, 0.3) is 0 Å². The van der Waals surface area contributed by atoms with Crippen LogP contribution < -0.4 is 25.7 Å². The zero-order valence-electron chi connectivity index (χ0n) is 10.7. The van der Waals surface area contributed by atoms with Crippen molar-refractivity contribution in [2.45, 2.75) is 12.5 Å². The second-order valence-corrected chi connectivity index (χ2v) is 3.75. The predicted molar refractivity (Wildman–Crippen MR) is 67.0 cm³/mol. The van der Waals surface area contributed by atoms with Gasteiger partial charge in [0.1, 0.15) is 0 Å². The van der Waals surface area contributed by atoms with E-state index in [1.54, 1.807) is 12.1 Å². The van der Waals surface area contributed by atoms with E-state index in [9.17, 15) is 4.79 Å². The van der Waals surface area contributed by atoms with Crippen LogP contribution in [-0.4, -0.2) is 33.3 Å². The molecule has 0 heterocycles. The Balaban J connectivity index is 3.11. The number of hydrogen-bond acceptors (Lipinski definition) is 5. The monoisotopic (exact) mass is 254 g/mol. The van der Waals surface area contributed by atoms with E-state index in [0.29, 0.717) is 23.7 Å². The van der Waals surface area contributed by atoms with Crippen molar-refractivity contribution in [2.24, 2.45) is 11.5 Å². The average molecular weight is 254 g/mol. The molecule has 1 atom stereocenters. The zero-order valence-corrected chi connectivity index (χ0v) is 10.7. The second-order valence-electron chi connectivity index (χ2n) is 3.75. The normalized spacial score (nSPS) is 11.8. The molecule has 0 bridgehead atoms. The first-order valence-electron chi connectivity index (χ1n) is 5.37. The van der Waals surface area contributed by atoms with Gasteiger partial charge in [0.05, 0.1) is 27.4 Å². The third kappa shape index (κ3) is 3.04. The minimum Gasteiger partial charge on any atom is -0.493 e. The summed E-state index contributed by atoms with van der Waals surface area (Å²) in [5, 5.41) is 0. The van der Waals surface area contributed by atoms with E-state index in [1.165, 1.54) is 21.3 Å². The SMILES string of the molecule is COc1cc(CC(N)C(N)=O)cc(OC)c1OC. The Morgan fingerprint density at radius 3 is 2.00 bits per heavy atom. The topological polar surface area (TPSA) is 96.8 Å². The number of carbonyl (C=O) groups excluding carboxylic acids is 1. The quantitative estimate of drug-likeness (QED) is 0.748. The Hall–Kier alpha value is -1.95. The number of rotatable bonds is 6. The smallest absolute Gasteiger partial charge is 0.234 e. The van der Waals surface area contributed by atoms with E-state index >= 15 is 0 Å². The van der Waals surface area contributed by atoms with Crippen LogP contribution in [0.5, 0.6) is 17.2 Å². The number of methoxy groups -OCH3 is 3. The highest BCUT2D eigenvalue weighted by Crippen LogP contribution is 2.38. The molecular formula is C12H18N2O4. The van der Waals surface area contributed by atoms with Crippen molar-refractivity contribution in [2.75, 3.05) is 21.3 Å². The van der Waals surface area contributed by atoms with Gasteiger partial charge in [-0.25, -0.2) is 0 Å². The number of hydrogen-bond donors (Lipinski definition) is 2. The molecule has 6 heteroatoms. The fourth-order valence-corrected chi connectivity index (χ4v) is 1.61. The van der Waals surface area contributed by atoms with Crippen molar-refractivity contribution in [3.8, 4) is 17.2 Å². The molecule has 1 rings (SSSR count). The van der Waals surface area contributed by atoms with E-state index in [0.717, 1.165) is 5.56 Å². The molecule has 0 radical (unpaired) electrons. The molecule has 1 aromatic rings. The van der Waals surface area contributed by atoms with Gasteiger partial charge in [-0.2, -0.15) is 0 Å². The van der Waals surface area contributed by atoms with Crippen molar-refractivity contribution in [3.05, 3.63) is 17.7 Å². The van der Waals surface area contributed by atoms with E-state index in [4.69, 9.17) is 25.7 Å². The summed E-state index contributed by atoms with van der Waals surface area (Å²) in [7, 11) is 4.57. The summed E-state index contributed by atoms with van der Waals surface area (Å²) in [6.45, 7) is 0. The maximum Gasteiger partial charge on any atom is 0.234 e. The van der Waals surface area contributed by atoms with E-state index < -0.39 is 11.9 Å². The van der Waals surface area contributed by atoms with Gasteiger partial charge < -0.3 is 25.7 Å². The summed E-state index contributed by atoms with van der Waals surface area (Å²) in [5.41, 5.74) is 11.5. The molecule has 18 heavy (non-hydrogen) atoms. The fourth-order valence-electron chi connectivity index (χ4n) is 1.61. The molecule has 1 unspecified atom stereocenters. The third-order valence-electron chi connectivity index (χ3n) is 2.55. The van der Waals surface area contributed by atoms with Crippen molar-refractivity contribution >= 4 is 5.91 Å². The molecule has 6 nitrogen and oxygen atoms in total. The molecule has 100 valence electrons. The molecule has 1 amide bonds. The van der Waals surface area contributed by atoms with Crippen LogP contribution >= 0.6 is 0 Å². The number of benzene rings is 1. The Morgan fingerprint density at radius 1 is 1.17 bits per heavy atom. The molecule has 0 aliphatic rings. The molecule has 0 saturated heterocycles. The van der Waals surface area contributed by atoms with Gasteiger partial charge in [-0.1, -0.05) is 0 Å². The minimum absolute atomic E-state index is 0.312. The predicted octanol–water partition coefficient (Wildman–Crippen LogP) is 0.0675. The number of ether oxygens (including phenoxy) is 3. The lowest BCUT2D eigenvalue weighted by Crippen LogP contribution is -2.38. The highest BCUT2D eigenvalue weighted by Gasteiger charge is 2.16. The van der Waals surface area contributed by atoms with E-state index in [-0.39, 0.29) is 0 Å². The van der Waals surface area contributed by atoms with Gasteiger partial charge in [0.2, 0.25) is 11.7 Å². The van der Waals surface area contributed by atoms with Gasteiger partial charge in [0.25, 0.3) is 0 Å². The Labute approximate surface area is 106 Å². The van der Waals surface area contributed by atoms with Crippen LogP contribution in [0.15, 0.2) is 12.1 Å². The Kier molecular flexibility index (Phi) is 4.79. The van der Waals surface area contributed by atoms with Crippen LogP contribution in [-0.2, 0) is 11.2 Å². The number of primary amides is 1. The molecule has 0 saturated carbocycles. The van der Waals surface area contributed by atoms with Gasteiger partial charge in [0, 0.05) is 0 Å². The zero-order chi connectivity index (χ0) is 13.7. The van der Waals surface area contributed by atoms with Crippen LogP contribution in [0.2, 0.25) is 0 Å². The lowest BCUT2D eigenvalue weighted by atomic mass is 10.0. The Bertz CT molecular complexity index is 409. The molecule has 1 aromatic carbocycles. The standard InChI is InChI=1S/C12H18N2O4/c1-16-9-5-7(4-8(13)12(14)15)6-10(17-2)11(9)18-3/h5-6,8H,4,13H2,1-3H3,(H2,14,15). The first kappa shape index (κ1) is 14.1. The van der Waals surface area contributed by atoms with Gasteiger partial charge in [-0.15, -0.1) is 0 Å². The van der Waals surface area contributed by atoms with Crippen molar-refractivity contribution in [1.82, 2.24) is 0 Å². The summed E-state index contributed by atoms with van der Waals surface area (Å²) in [6, 6.07) is 2.74. The first-order chi connectivity index (χ1) is 8.53. The summed E-state index contributed by atoms with van der Waals surface area (Å²) in [6.07, 6.45) is 0.312. The number of nitrogens with two attached hydrogens (primary N) is 2. The first-order valence-corrected chi connectivity index (χ1v) is 5.37. The van der Waals surface area contributed by atoms with Crippen LogP contribution in [0.4, 0.5) is 0 Å². The van der Waals surface area contributed by atoms with E-state index in [1.807, 2.05) is 0 Å². The van der Waals surface area contributed by atoms with Crippen molar-refractivity contribution in [3.63, 3.8) is 0 Å². The highest BCUT2D eigenvalue weighted by atomic mass is 16.5. The number of carbonyl (C=O) groups is 1. The third-order valence-corrected chi connectivity index (χ3v) is 2.55. The van der Waals surface area contributed by atoms with Crippen LogP contribution in [0.1, 0.15) is 5.56 Å². The molecule has 0 aliphatic heterocycles. The van der Waals surface area contributed by atoms with Gasteiger partial charge in [-0.3, -0.25) is 4.79 Å². The summed E-state index contributed by atoms with van der Waals surface area (Å²) < 4.78 is 15.6. The fraction of sp³-hybridized carbons (Fsp3) is 0.417. The lowest BCUT2D eigenvalue weighted by molar-refractivity contribution is -0.119. The van der Waals surface area contributed by atoms with Crippen LogP contribution in [0, 0.1) is 0 Å². The molecule has 4 N–H and O–H groups in total. The van der Waals surface area contributed by atoms with Gasteiger partial charge in [-0.05, 0) is 24.1 Å². The minimum atomic E-state index is -0.743. The summed E-state index contributed by atoms with van der Waals surface area (Å²) >= 11 is 0. The second kappa shape index (κ2) is 6.11. The molecule has 0 aromatic heterocycles. The highest BCUT2D eigenvalue weighted by molar-refractivity contribution is 5.80. The van der Waals surface area contributed by atoms with Crippen LogP contribution in [0.3, 0.4) is 0 Å². The van der Waals surface area contributed by atoms with Crippen molar-refractivity contribution in [1.29, 1.82) is 0 Å². The summed E-state index contributed by atoms with van der Waals surface area (Å²) in [4.78, 5) is 10.9. The van der Waals surface area contributed by atoms with Gasteiger partial charge in [0.15, 0.2) is 11.5 Å². The van der Waals surface area contributed by atoms with Gasteiger partial charge >= 0.3 is 0 Å². The molecule has 0 aliphatic carbocycles. The number of amides is 1. The Morgan fingerprint density at radius 2 is 1.67 bits per heavy atom.